The third-order valence-electron chi connectivity index (χ3n) is 3.22. The van der Waals surface area contributed by atoms with Gasteiger partial charge in [0.25, 0.3) is 0 Å². The van der Waals surface area contributed by atoms with Crippen LogP contribution >= 0.6 is 0 Å². The van der Waals surface area contributed by atoms with Crippen LogP contribution in [0.1, 0.15) is 28.7 Å². The summed E-state index contributed by atoms with van der Waals surface area (Å²) in [5.74, 6) is -0.108. The van der Waals surface area contributed by atoms with Crippen LogP contribution in [0.25, 0.3) is 0 Å². The number of aryl methyl sites for hydroxylation is 2. The number of rotatable bonds is 5. The van der Waals surface area contributed by atoms with Crippen LogP contribution in [0.3, 0.4) is 0 Å². The number of aromatic nitrogens is 2. The molecular formula is C15H19N3O3. The predicted molar refractivity (Wildman–Crippen MR) is 79.1 cm³/mol. The fourth-order valence-corrected chi connectivity index (χ4v) is 2.03. The Morgan fingerprint density at radius 2 is 2.19 bits per heavy atom. The standard InChI is InChI=1S/C15H19N3O3/c1-4-10-8-11(18(2)17-10)9-21-15(19)14-12(16)6-5-7-13(14)20-3/h5-8H,4,9,16H2,1-3H3. The molecule has 21 heavy (non-hydrogen) atoms. The molecule has 0 aliphatic rings. The molecule has 6 heteroatoms. The fourth-order valence-electron chi connectivity index (χ4n) is 2.03. The SMILES string of the molecule is CCc1cc(COC(=O)c2c(N)cccc2OC)n(C)n1. The quantitative estimate of drug-likeness (QED) is 0.672. The number of nitrogen functional groups attached to an aromatic ring is 1. The second-order valence-corrected chi connectivity index (χ2v) is 4.60. The molecular weight excluding hydrogens is 270 g/mol. The van der Waals surface area contributed by atoms with Crippen LogP contribution in [0.5, 0.6) is 5.75 Å². The van der Waals surface area contributed by atoms with E-state index in [0.717, 1.165) is 17.8 Å². The van der Waals surface area contributed by atoms with Crippen LogP contribution in [0, 0.1) is 0 Å². The zero-order valence-electron chi connectivity index (χ0n) is 12.4. The van der Waals surface area contributed by atoms with Crippen LogP contribution in [0.4, 0.5) is 5.69 Å². The molecule has 0 atom stereocenters. The van der Waals surface area contributed by atoms with Crippen molar-refractivity contribution in [1.82, 2.24) is 9.78 Å². The van der Waals surface area contributed by atoms with Crippen molar-refractivity contribution < 1.29 is 14.3 Å². The number of hydrogen-bond acceptors (Lipinski definition) is 5. The number of anilines is 1. The summed E-state index contributed by atoms with van der Waals surface area (Å²) in [6.45, 7) is 2.16. The van der Waals surface area contributed by atoms with Crippen LogP contribution in [0.2, 0.25) is 0 Å². The first-order chi connectivity index (χ1) is 10.1. The summed E-state index contributed by atoms with van der Waals surface area (Å²) < 4.78 is 12.2. The molecule has 1 aromatic carbocycles. The van der Waals surface area contributed by atoms with Crippen LogP contribution in [-0.4, -0.2) is 22.9 Å². The number of carbonyl (C=O) groups is 1. The van der Waals surface area contributed by atoms with Crippen LogP contribution in [0.15, 0.2) is 24.3 Å². The van der Waals surface area contributed by atoms with Gasteiger partial charge < -0.3 is 15.2 Å². The summed E-state index contributed by atoms with van der Waals surface area (Å²) in [5, 5.41) is 4.31. The van der Waals surface area contributed by atoms with Crippen molar-refractivity contribution in [2.24, 2.45) is 7.05 Å². The van der Waals surface area contributed by atoms with Gasteiger partial charge in [-0.1, -0.05) is 13.0 Å². The van der Waals surface area contributed by atoms with Crippen molar-refractivity contribution in [3.63, 3.8) is 0 Å². The Morgan fingerprint density at radius 3 is 2.81 bits per heavy atom. The zero-order valence-corrected chi connectivity index (χ0v) is 12.4. The topological polar surface area (TPSA) is 79.4 Å². The number of esters is 1. The van der Waals surface area contributed by atoms with Gasteiger partial charge in [0.15, 0.2) is 0 Å². The highest BCUT2D eigenvalue weighted by Gasteiger charge is 2.18. The van der Waals surface area contributed by atoms with Gasteiger partial charge in [0, 0.05) is 12.7 Å². The highest BCUT2D eigenvalue weighted by atomic mass is 16.5. The second-order valence-electron chi connectivity index (χ2n) is 4.60. The molecule has 0 bridgehead atoms. The maximum atomic E-state index is 12.2. The van der Waals surface area contributed by atoms with E-state index < -0.39 is 5.97 Å². The first-order valence-electron chi connectivity index (χ1n) is 6.68. The normalized spacial score (nSPS) is 10.4. The highest BCUT2D eigenvalue weighted by molar-refractivity contribution is 5.98. The van der Waals surface area contributed by atoms with E-state index in [4.69, 9.17) is 15.2 Å². The molecule has 0 saturated heterocycles. The van der Waals surface area contributed by atoms with E-state index in [0.29, 0.717) is 11.4 Å². The van der Waals surface area contributed by atoms with Crippen molar-refractivity contribution >= 4 is 11.7 Å². The van der Waals surface area contributed by atoms with Gasteiger partial charge in [-0.2, -0.15) is 5.10 Å². The zero-order chi connectivity index (χ0) is 15.4. The summed E-state index contributed by atoms with van der Waals surface area (Å²) in [5.41, 5.74) is 8.19. The maximum absolute atomic E-state index is 12.2. The third kappa shape index (κ3) is 3.16. The Morgan fingerprint density at radius 1 is 1.43 bits per heavy atom. The van der Waals surface area contributed by atoms with Gasteiger partial charge in [-0.15, -0.1) is 0 Å². The molecule has 112 valence electrons. The van der Waals surface area contributed by atoms with Gasteiger partial charge in [0.2, 0.25) is 0 Å². The summed E-state index contributed by atoms with van der Waals surface area (Å²) >= 11 is 0. The molecule has 0 radical (unpaired) electrons. The molecule has 2 N–H and O–H groups in total. The molecule has 1 aromatic heterocycles. The molecule has 6 nitrogen and oxygen atoms in total. The minimum Gasteiger partial charge on any atom is -0.496 e. The van der Waals surface area contributed by atoms with E-state index in [1.807, 2.05) is 20.0 Å². The molecule has 0 spiro atoms. The van der Waals surface area contributed by atoms with Crippen molar-refractivity contribution in [2.45, 2.75) is 20.0 Å². The number of hydrogen-bond donors (Lipinski definition) is 1. The lowest BCUT2D eigenvalue weighted by Gasteiger charge is -2.10. The molecule has 2 aromatic rings. The smallest absolute Gasteiger partial charge is 0.344 e. The maximum Gasteiger partial charge on any atom is 0.344 e. The summed E-state index contributed by atoms with van der Waals surface area (Å²) in [4.78, 5) is 12.2. The fraction of sp³-hybridized carbons (Fsp3) is 0.333. The average Bonchev–Trinajstić information content (AvgIpc) is 2.84. The number of methoxy groups -OCH3 is 1. The summed E-state index contributed by atoms with van der Waals surface area (Å²) in [6, 6.07) is 6.95. The van der Waals surface area contributed by atoms with Gasteiger partial charge in [0.1, 0.15) is 17.9 Å². The number of nitrogens with zero attached hydrogens (tertiary/aromatic N) is 2. The van der Waals surface area contributed by atoms with Crippen LogP contribution in [-0.2, 0) is 24.8 Å². The van der Waals surface area contributed by atoms with Crippen LogP contribution < -0.4 is 10.5 Å². The molecule has 0 fully saturated rings. The Hall–Kier alpha value is -2.50. The van der Waals surface area contributed by atoms with Gasteiger partial charge in [-0.05, 0) is 24.6 Å². The summed E-state index contributed by atoms with van der Waals surface area (Å²) in [7, 11) is 3.31. The number of ether oxygens (including phenoxy) is 2. The number of benzene rings is 1. The van der Waals surface area contributed by atoms with E-state index in [-0.39, 0.29) is 12.2 Å². The molecule has 0 aliphatic heterocycles. The second kappa shape index (κ2) is 6.30. The van der Waals surface area contributed by atoms with Gasteiger partial charge in [0.05, 0.1) is 18.5 Å². The minimum absolute atomic E-state index is 0.139. The lowest BCUT2D eigenvalue weighted by atomic mass is 10.1. The van der Waals surface area contributed by atoms with E-state index >= 15 is 0 Å². The third-order valence-corrected chi connectivity index (χ3v) is 3.22. The highest BCUT2D eigenvalue weighted by Crippen LogP contribution is 2.25. The molecule has 1 heterocycles. The average molecular weight is 289 g/mol. The Labute approximate surface area is 123 Å². The Bertz CT molecular complexity index is 650. The van der Waals surface area contributed by atoms with E-state index in [9.17, 15) is 4.79 Å². The van der Waals surface area contributed by atoms with Crippen molar-refractivity contribution in [3.8, 4) is 5.75 Å². The minimum atomic E-state index is -0.510. The van der Waals surface area contributed by atoms with E-state index in [1.165, 1.54) is 7.11 Å². The number of nitrogens with two attached hydrogens (primary N) is 1. The first kappa shape index (κ1) is 14.9. The molecule has 0 amide bonds. The lowest BCUT2D eigenvalue weighted by Crippen LogP contribution is -2.11. The van der Waals surface area contributed by atoms with Gasteiger partial charge >= 0.3 is 5.97 Å². The molecule has 2 rings (SSSR count). The largest absolute Gasteiger partial charge is 0.496 e. The van der Waals surface area contributed by atoms with Crippen molar-refractivity contribution in [1.29, 1.82) is 0 Å². The molecule has 0 unspecified atom stereocenters. The molecule has 0 aliphatic carbocycles. The van der Waals surface area contributed by atoms with E-state index in [1.54, 1.807) is 22.9 Å². The van der Waals surface area contributed by atoms with Crippen molar-refractivity contribution in [2.75, 3.05) is 12.8 Å². The monoisotopic (exact) mass is 289 g/mol. The lowest BCUT2D eigenvalue weighted by molar-refractivity contribution is 0.0461. The number of carbonyl (C=O) groups excluding carboxylic acids is 1. The van der Waals surface area contributed by atoms with Gasteiger partial charge in [-0.25, -0.2) is 4.79 Å². The first-order valence-corrected chi connectivity index (χ1v) is 6.68. The van der Waals surface area contributed by atoms with E-state index in [2.05, 4.69) is 5.10 Å². The Kier molecular flexibility index (Phi) is 4.47. The van der Waals surface area contributed by atoms with Gasteiger partial charge in [-0.3, -0.25) is 4.68 Å². The van der Waals surface area contributed by atoms with Crippen molar-refractivity contribution in [3.05, 3.63) is 41.2 Å². The molecule has 0 saturated carbocycles. The Balaban J connectivity index is 2.13. The summed E-state index contributed by atoms with van der Waals surface area (Å²) in [6.07, 6.45) is 0.835. The predicted octanol–water partition coefficient (Wildman–Crippen LogP) is 1.93.